The van der Waals surface area contributed by atoms with E-state index in [4.69, 9.17) is 9.72 Å². The number of nitrogens with one attached hydrogen (secondary N) is 1. The Bertz CT molecular complexity index is 1440. The van der Waals surface area contributed by atoms with E-state index in [0.717, 1.165) is 21.8 Å². The number of thiophene rings is 1. The van der Waals surface area contributed by atoms with Crippen LogP contribution in [0.25, 0.3) is 15.9 Å². The molecule has 0 saturated heterocycles. The third kappa shape index (κ3) is 4.77. The zero-order valence-electron chi connectivity index (χ0n) is 19.0. The first-order chi connectivity index (χ1) is 16.3. The summed E-state index contributed by atoms with van der Waals surface area (Å²) in [5.74, 6) is -0.762. The van der Waals surface area contributed by atoms with E-state index < -0.39 is 5.97 Å². The van der Waals surface area contributed by atoms with E-state index >= 15 is 0 Å². The summed E-state index contributed by atoms with van der Waals surface area (Å²) in [4.78, 5) is 49.1. The maximum atomic E-state index is 13.4. The first-order valence-corrected chi connectivity index (χ1v) is 13.1. The van der Waals surface area contributed by atoms with Crippen molar-refractivity contribution in [3.05, 3.63) is 61.7 Å². The fraction of sp³-hybridized carbons (Fsp3) is 0.261. The predicted octanol–water partition coefficient (Wildman–Crippen LogP) is 4.74. The first kappa shape index (κ1) is 24.1. The highest BCUT2D eigenvalue weighted by molar-refractivity contribution is 7.99. The standard InChI is InChI=1S/C23H22N4O4S3/c1-5-31-21(30)18-13(3)24-22(34-18)25-16(28)11-32-23-26-19-17(12(2)14(4)33-19)20(29)27(23)15-9-7-6-8-10-15/h6-10H,5,11H2,1-4H3,(H,24,25,28). The van der Waals surface area contributed by atoms with Crippen LogP contribution < -0.4 is 10.9 Å². The summed E-state index contributed by atoms with van der Waals surface area (Å²) < 4.78 is 6.57. The second-order valence-electron chi connectivity index (χ2n) is 7.32. The molecule has 0 aliphatic rings. The van der Waals surface area contributed by atoms with E-state index in [2.05, 4.69) is 10.3 Å². The van der Waals surface area contributed by atoms with Gasteiger partial charge in [0.1, 0.15) is 9.71 Å². The van der Waals surface area contributed by atoms with Gasteiger partial charge in [-0.1, -0.05) is 41.3 Å². The van der Waals surface area contributed by atoms with Crippen LogP contribution >= 0.6 is 34.4 Å². The summed E-state index contributed by atoms with van der Waals surface area (Å²) in [6.07, 6.45) is 0. The number of aromatic nitrogens is 3. The molecule has 3 aromatic heterocycles. The monoisotopic (exact) mass is 514 g/mol. The van der Waals surface area contributed by atoms with Crippen LogP contribution in [0.15, 0.2) is 40.3 Å². The van der Waals surface area contributed by atoms with Crippen molar-refractivity contribution in [2.75, 3.05) is 17.7 Å². The van der Waals surface area contributed by atoms with Crippen molar-refractivity contribution in [2.45, 2.75) is 32.9 Å². The van der Waals surface area contributed by atoms with E-state index in [9.17, 15) is 14.4 Å². The zero-order chi connectivity index (χ0) is 24.4. The number of hydrogen-bond donors (Lipinski definition) is 1. The molecule has 3 heterocycles. The van der Waals surface area contributed by atoms with Crippen LogP contribution in [0.2, 0.25) is 0 Å². The van der Waals surface area contributed by atoms with Crippen molar-refractivity contribution >= 4 is 61.7 Å². The number of thiazole rings is 1. The number of fused-ring (bicyclic) bond motifs is 1. The van der Waals surface area contributed by atoms with Gasteiger partial charge in [0.05, 0.1) is 29.1 Å². The Morgan fingerprint density at radius 3 is 2.56 bits per heavy atom. The van der Waals surface area contributed by atoms with Crippen molar-refractivity contribution in [1.82, 2.24) is 14.5 Å². The van der Waals surface area contributed by atoms with Crippen molar-refractivity contribution in [2.24, 2.45) is 0 Å². The molecule has 8 nitrogen and oxygen atoms in total. The lowest BCUT2D eigenvalue weighted by Crippen LogP contribution is -2.22. The summed E-state index contributed by atoms with van der Waals surface area (Å²) in [6, 6.07) is 9.25. The van der Waals surface area contributed by atoms with Gasteiger partial charge in [0.2, 0.25) is 5.91 Å². The van der Waals surface area contributed by atoms with E-state index in [1.54, 1.807) is 18.4 Å². The van der Waals surface area contributed by atoms with Crippen molar-refractivity contribution in [3.63, 3.8) is 0 Å². The number of anilines is 1. The van der Waals surface area contributed by atoms with Gasteiger partial charge in [0.25, 0.3) is 5.56 Å². The van der Waals surface area contributed by atoms with Crippen molar-refractivity contribution in [3.8, 4) is 5.69 Å². The molecule has 34 heavy (non-hydrogen) atoms. The summed E-state index contributed by atoms with van der Waals surface area (Å²) in [7, 11) is 0. The summed E-state index contributed by atoms with van der Waals surface area (Å²) >= 11 is 3.71. The molecule has 0 unspecified atom stereocenters. The summed E-state index contributed by atoms with van der Waals surface area (Å²) in [6.45, 7) is 7.57. The molecule has 0 aliphatic heterocycles. The molecule has 4 aromatic rings. The number of carbonyl (C=O) groups excluding carboxylic acids is 2. The Morgan fingerprint density at radius 1 is 1.12 bits per heavy atom. The lowest BCUT2D eigenvalue weighted by molar-refractivity contribution is -0.113. The molecule has 0 bridgehead atoms. The smallest absolute Gasteiger partial charge is 0.350 e. The van der Waals surface area contributed by atoms with Gasteiger partial charge < -0.3 is 10.1 Å². The minimum atomic E-state index is -0.460. The van der Waals surface area contributed by atoms with Crippen molar-refractivity contribution in [1.29, 1.82) is 0 Å². The molecule has 1 N–H and O–H groups in total. The molecule has 0 atom stereocenters. The highest BCUT2D eigenvalue weighted by atomic mass is 32.2. The molecule has 0 fully saturated rings. The second kappa shape index (κ2) is 10.1. The Balaban J connectivity index is 1.60. The number of hydrogen-bond acceptors (Lipinski definition) is 9. The number of thioether (sulfide) groups is 1. The molecule has 1 aromatic carbocycles. The average molecular weight is 515 g/mol. The van der Waals surface area contributed by atoms with E-state index in [-0.39, 0.29) is 23.8 Å². The topological polar surface area (TPSA) is 103 Å². The lowest BCUT2D eigenvalue weighted by Gasteiger charge is -2.12. The Kier molecular flexibility index (Phi) is 7.15. The zero-order valence-corrected chi connectivity index (χ0v) is 21.4. The van der Waals surface area contributed by atoms with Gasteiger partial charge in [-0.3, -0.25) is 14.2 Å². The third-order valence-corrected chi connectivity index (χ3v) is 8.12. The number of aryl methyl sites for hydroxylation is 3. The first-order valence-electron chi connectivity index (χ1n) is 10.5. The predicted molar refractivity (Wildman–Crippen MR) is 137 cm³/mol. The largest absolute Gasteiger partial charge is 0.462 e. The van der Waals surface area contributed by atoms with E-state index in [0.29, 0.717) is 36.8 Å². The van der Waals surface area contributed by atoms with Crippen LogP contribution in [0.3, 0.4) is 0 Å². The molecule has 0 radical (unpaired) electrons. The summed E-state index contributed by atoms with van der Waals surface area (Å²) in [5, 5.41) is 4.08. The number of benzene rings is 1. The van der Waals surface area contributed by atoms with Gasteiger partial charge in [0.15, 0.2) is 10.3 Å². The Labute approximate surface area is 208 Å². The van der Waals surface area contributed by atoms with Crippen LogP contribution in [0.5, 0.6) is 0 Å². The quantitative estimate of drug-likeness (QED) is 0.216. The molecular formula is C23H22N4O4S3. The van der Waals surface area contributed by atoms with Gasteiger partial charge in [0, 0.05) is 4.88 Å². The maximum Gasteiger partial charge on any atom is 0.350 e. The molecular weight excluding hydrogens is 492 g/mol. The fourth-order valence-electron chi connectivity index (χ4n) is 3.30. The van der Waals surface area contributed by atoms with Gasteiger partial charge in [-0.2, -0.15) is 0 Å². The highest BCUT2D eigenvalue weighted by Crippen LogP contribution is 2.30. The number of rotatable bonds is 7. The maximum absolute atomic E-state index is 13.4. The normalized spacial score (nSPS) is 11.1. The van der Waals surface area contributed by atoms with E-state index in [1.165, 1.54) is 23.1 Å². The van der Waals surface area contributed by atoms with Crippen LogP contribution in [-0.2, 0) is 9.53 Å². The van der Waals surface area contributed by atoms with Gasteiger partial charge in [-0.25, -0.2) is 14.8 Å². The van der Waals surface area contributed by atoms with Crippen LogP contribution in [0.1, 0.15) is 32.7 Å². The van der Waals surface area contributed by atoms with Crippen LogP contribution in [0.4, 0.5) is 5.13 Å². The molecule has 1 amide bonds. The number of carbonyl (C=O) groups is 2. The van der Waals surface area contributed by atoms with Crippen LogP contribution in [0, 0.1) is 20.8 Å². The number of para-hydroxylation sites is 1. The number of amides is 1. The number of esters is 1. The number of ether oxygens (including phenoxy) is 1. The average Bonchev–Trinajstić information content (AvgIpc) is 3.31. The van der Waals surface area contributed by atoms with E-state index in [1.807, 2.05) is 44.2 Å². The third-order valence-electron chi connectivity index (χ3n) is 5.02. The second-order valence-corrected chi connectivity index (χ2v) is 10.5. The van der Waals surface area contributed by atoms with Gasteiger partial charge in [-0.15, -0.1) is 11.3 Å². The highest BCUT2D eigenvalue weighted by Gasteiger charge is 2.20. The van der Waals surface area contributed by atoms with Gasteiger partial charge in [-0.05, 0) is 45.4 Å². The fourth-order valence-corrected chi connectivity index (χ4v) is 6.06. The van der Waals surface area contributed by atoms with Crippen molar-refractivity contribution < 1.29 is 14.3 Å². The summed E-state index contributed by atoms with van der Waals surface area (Å²) in [5.41, 5.74) is 1.95. The SMILES string of the molecule is CCOC(=O)c1sc(NC(=O)CSc2nc3sc(C)c(C)c3c(=O)n2-c2ccccc2)nc1C. The molecule has 0 aliphatic carbocycles. The Hall–Kier alpha value is -3.02. The molecule has 0 saturated carbocycles. The molecule has 176 valence electrons. The molecule has 11 heteroatoms. The minimum Gasteiger partial charge on any atom is -0.462 e. The minimum absolute atomic E-state index is 0.0154. The van der Waals surface area contributed by atoms with Gasteiger partial charge >= 0.3 is 5.97 Å². The Morgan fingerprint density at radius 2 is 1.85 bits per heavy atom. The molecule has 0 spiro atoms. The molecule has 4 rings (SSSR count). The van der Waals surface area contributed by atoms with Crippen LogP contribution in [-0.4, -0.2) is 38.8 Å². The number of nitrogens with zero attached hydrogens (tertiary/aromatic N) is 3. The lowest BCUT2D eigenvalue weighted by atomic mass is 10.2.